The minimum Gasteiger partial charge on any atom is -0.507 e. The van der Waals surface area contributed by atoms with Gasteiger partial charge in [0.2, 0.25) is 0 Å². The SMILES string of the molecule is CCC(=O)Oc1ccc(-c2nc(-c3cc(C(C)(C)C)c(O)c(C(C)(C)C)c3)[nH]c2-c2ccc(OC(=O)CCC(=O)O)cc2)cc1. The summed E-state index contributed by atoms with van der Waals surface area (Å²) < 4.78 is 10.7. The molecule has 0 fully saturated rings. The molecular formula is C36H40N2O7. The Kier molecular flexibility index (Phi) is 9.51. The molecule has 0 spiro atoms. The normalized spacial score (nSPS) is 11.7. The molecular weight excluding hydrogens is 572 g/mol. The molecule has 0 aliphatic rings. The van der Waals surface area contributed by atoms with Gasteiger partial charge in [0, 0.05) is 34.2 Å². The zero-order valence-corrected chi connectivity index (χ0v) is 26.8. The van der Waals surface area contributed by atoms with E-state index in [0.29, 0.717) is 28.7 Å². The van der Waals surface area contributed by atoms with Crippen LogP contribution in [0.5, 0.6) is 17.2 Å². The summed E-state index contributed by atoms with van der Waals surface area (Å²) in [5.74, 6) is -0.431. The van der Waals surface area contributed by atoms with Crippen LogP contribution in [0.4, 0.5) is 0 Å². The number of esters is 2. The van der Waals surface area contributed by atoms with Crippen molar-refractivity contribution in [1.29, 1.82) is 0 Å². The molecule has 0 aliphatic carbocycles. The topological polar surface area (TPSA) is 139 Å². The summed E-state index contributed by atoms with van der Waals surface area (Å²) in [5.41, 5.74) is 4.65. The number of imidazole rings is 1. The van der Waals surface area contributed by atoms with E-state index in [1.54, 1.807) is 43.3 Å². The first kappa shape index (κ1) is 33.0. The lowest BCUT2D eigenvalue weighted by Crippen LogP contribution is -2.17. The Morgan fingerprint density at radius 3 is 1.69 bits per heavy atom. The highest BCUT2D eigenvalue weighted by molar-refractivity contribution is 5.83. The number of carbonyl (C=O) groups is 3. The molecule has 1 heterocycles. The minimum absolute atomic E-state index is 0.228. The molecule has 0 saturated heterocycles. The molecule has 0 saturated carbocycles. The van der Waals surface area contributed by atoms with Crippen molar-refractivity contribution in [1.82, 2.24) is 9.97 Å². The number of aromatic hydroxyl groups is 1. The van der Waals surface area contributed by atoms with Crippen LogP contribution in [0.3, 0.4) is 0 Å². The third kappa shape index (κ3) is 7.98. The van der Waals surface area contributed by atoms with Crippen LogP contribution < -0.4 is 9.47 Å². The van der Waals surface area contributed by atoms with Gasteiger partial charge in [-0.05, 0) is 71.5 Å². The number of hydrogen-bond acceptors (Lipinski definition) is 7. The van der Waals surface area contributed by atoms with Gasteiger partial charge in [-0.25, -0.2) is 4.98 Å². The van der Waals surface area contributed by atoms with E-state index in [0.717, 1.165) is 27.8 Å². The summed E-state index contributed by atoms with van der Waals surface area (Å²) in [4.78, 5) is 43.2. The van der Waals surface area contributed by atoms with Gasteiger partial charge in [-0.2, -0.15) is 0 Å². The maximum absolute atomic E-state index is 12.1. The van der Waals surface area contributed by atoms with Gasteiger partial charge in [-0.1, -0.05) is 48.5 Å². The van der Waals surface area contributed by atoms with E-state index < -0.39 is 11.9 Å². The lowest BCUT2D eigenvalue weighted by atomic mass is 9.78. The van der Waals surface area contributed by atoms with Crippen molar-refractivity contribution >= 4 is 17.9 Å². The van der Waals surface area contributed by atoms with Crippen molar-refractivity contribution in [3.8, 4) is 51.2 Å². The van der Waals surface area contributed by atoms with Gasteiger partial charge in [0.25, 0.3) is 0 Å². The van der Waals surface area contributed by atoms with E-state index in [4.69, 9.17) is 19.6 Å². The first-order valence-electron chi connectivity index (χ1n) is 14.9. The van der Waals surface area contributed by atoms with Crippen LogP contribution in [0.15, 0.2) is 60.7 Å². The highest BCUT2D eigenvalue weighted by Crippen LogP contribution is 2.43. The van der Waals surface area contributed by atoms with Crippen molar-refractivity contribution in [2.24, 2.45) is 0 Å². The van der Waals surface area contributed by atoms with Crippen molar-refractivity contribution in [3.63, 3.8) is 0 Å². The van der Waals surface area contributed by atoms with Crippen LogP contribution in [-0.2, 0) is 25.2 Å². The predicted octanol–water partition coefficient (Wildman–Crippen LogP) is 7.80. The molecule has 3 aromatic carbocycles. The number of hydrogen-bond donors (Lipinski definition) is 3. The molecule has 4 aromatic rings. The number of carboxylic acid groups (broad SMARTS) is 1. The third-order valence-electron chi connectivity index (χ3n) is 7.27. The van der Waals surface area contributed by atoms with E-state index in [-0.39, 0.29) is 41.8 Å². The molecule has 1 aromatic heterocycles. The number of carboxylic acids is 1. The Balaban J connectivity index is 1.82. The molecule has 45 heavy (non-hydrogen) atoms. The lowest BCUT2D eigenvalue weighted by molar-refractivity contribution is -0.142. The van der Waals surface area contributed by atoms with Gasteiger partial charge < -0.3 is 24.7 Å². The number of benzene rings is 3. The second-order valence-electron chi connectivity index (χ2n) is 13.0. The average molecular weight is 613 g/mol. The first-order chi connectivity index (χ1) is 21.1. The van der Waals surface area contributed by atoms with Crippen molar-refractivity contribution < 1.29 is 34.1 Å². The van der Waals surface area contributed by atoms with Gasteiger partial charge in [0.15, 0.2) is 0 Å². The molecule has 0 amide bonds. The fourth-order valence-electron chi connectivity index (χ4n) is 4.81. The van der Waals surface area contributed by atoms with Gasteiger partial charge in [0.05, 0.1) is 24.2 Å². The molecule has 0 radical (unpaired) electrons. The number of nitrogens with zero attached hydrogens (tertiary/aromatic N) is 1. The average Bonchev–Trinajstić information content (AvgIpc) is 3.41. The fraction of sp³-hybridized carbons (Fsp3) is 0.333. The number of aromatic amines is 1. The van der Waals surface area contributed by atoms with E-state index in [1.807, 2.05) is 24.3 Å². The quantitative estimate of drug-likeness (QED) is 0.129. The summed E-state index contributed by atoms with van der Waals surface area (Å²) in [6.45, 7) is 14.1. The first-order valence-corrected chi connectivity index (χ1v) is 14.9. The van der Waals surface area contributed by atoms with Crippen LogP contribution in [0.2, 0.25) is 0 Å². The highest BCUT2D eigenvalue weighted by atomic mass is 16.5. The Hall–Kier alpha value is -4.92. The molecule has 9 heteroatoms. The summed E-state index contributed by atoms with van der Waals surface area (Å²) in [6.07, 6.45) is -0.271. The Bertz CT molecular complexity index is 1670. The Morgan fingerprint density at radius 2 is 1.22 bits per heavy atom. The van der Waals surface area contributed by atoms with Gasteiger partial charge in [-0.15, -0.1) is 0 Å². The van der Waals surface area contributed by atoms with Gasteiger partial charge >= 0.3 is 17.9 Å². The molecule has 0 atom stereocenters. The summed E-state index contributed by atoms with van der Waals surface area (Å²) in [5, 5.41) is 20.1. The minimum atomic E-state index is -1.07. The number of H-pyrrole nitrogens is 1. The van der Waals surface area contributed by atoms with Crippen LogP contribution in [0.25, 0.3) is 33.9 Å². The molecule has 0 bridgehead atoms. The number of nitrogens with one attached hydrogen (secondary N) is 1. The summed E-state index contributed by atoms with van der Waals surface area (Å²) in [6, 6.07) is 17.9. The van der Waals surface area contributed by atoms with Crippen molar-refractivity contribution in [2.75, 3.05) is 0 Å². The van der Waals surface area contributed by atoms with E-state index in [2.05, 4.69) is 46.5 Å². The third-order valence-corrected chi connectivity index (χ3v) is 7.27. The van der Waals surface area contributed by atoms with Crippen LogP contribution >= 0.6 is 0 Å². The molecule has 4 rings (SSSR count). The summed E-state index contributed by atoms with van der Waals surface area (Å²) in [7, 11) is 0. The number of phenols is 1. The standard InChI is InChI=1S/C36H40N2O7/c1-8-29(41)44-24-13-9-21(10-14-24)31-32(22-11-15-25(16-12-22)45-30(42)18-17-28(39)40)38-34(37-31)23-19-26(35(2,3)4)33(43)27(20-23)36(5,6)7/h9-16,19-20,43H,8,17-18H2,1-7H3,(H,37,38)(H,39,40). The number of rotatable bonds is 9. The highest BCUT2D eigenvalue weighted by Gasteiger charge is 2.28. The van der Waals surface area contributed by atoms with Crippen molar-refractivity contribution in [2.45, 2.75) is 78.6 Å². The second-order valence-corrected chi connectivity index (χ2v) is 13.0. The number of phenolic OH excluding ortho intramolecular Hbond substituents is 1. The lowest BCUT2D eigenvalue weighted by Gasteiger charge is -2.28. The number of ether oxygens (including phenoxy) is 2. The maximum atomic E-state index is 12.1. The molecule has 3 N–H and O–H groups in total. The van der Waals surface area contributed by atoms with E-state index in [9.17, 15) is 19.5 Å². The number of aliphatic carboxylic acids is 1. The molecule has 0 aliphatic heterocycles. The van der Waals surface area contributed by atoms with Crippen molar-refractivity contribution in [3.05, 3.63) is 71.8 Å². The fourth-order valence-corrected chi connectivity index (χ4v) is 4.81. The van der Waals surface area contributed by atoms with Gasteiger partial charge in [-0.3, -0.25) is 14.4 Å². The zero-order valence-electron chi connectivity index (χ0n) is 26.8. The monoisotopic (exact) mass is 612 g/mol. The molecule has 236 valence electrons. The second kappa shape index (κ2) is 13.0. The summed E-state index contributed by atoms with van der Waals surface area (Å²) >= 11 is 0. The maximum Gasteiger partial charge on any atom is 0.311 e. The number of carbonyl (C=O) groups excluding carboxylic acids is 2. The molecule has 9 nitrogen and oxygen atoms in total. The van der Waals surface area contributed by atoms with Crippen LogP contribution in [-0.4, -0.2) is 38.1 Å². The van der Waals surface area contributed by atoms with E-state index >= 15 is 0 Å². The molecule has 0 unspecified atom stereocenters. The van der Waals surface area contributed by atoms with Crippen LogP contribution in [0, 0.1) is 0 Å². The predicted molar refractivity (Wildman–Crippen MR) is 172 cm³/mol. The Labute approximate surface area is 263 Å². The largest absolute Gasteiger partial charge is 0.507 e. The smallest absolute Gasteiger partial charge is 0.311 e. The zero-order chi connectivity index (χ0) is 33.1. The van der Waals surface area contributed by atoms with Crippen LogP contribution in [0.1, 0.15) is 78.9 Å². The Morgan fingerprint density at radius 1 is 0.733 bits per heavy atom. The van der Waals surface area contributed by atoms with Gasteiger partial charge in [0.1, 0.15) is 23.1 Å². The van der Waals surface area contributed by atoms with E-state index in [1.165, 1.54) is 0 Å². The number of aromatic nitrogens is 2.